The lowest BCUT2D eigenvalue weighted by molar-refractivity contribution is -0.525. The Hall–Kier alpha value is -2.47. The second kappa shape index (κ2) is 9.44. The monoisotopic (exact) mass is 305 g/mol. The number of hydroxylamine groups is 1. The second-order valence-corrected chi connectivity index (χ2v) is 4.10. The van der Waals surface area contributed by atoms with Crippen LogP contribution < -0.4 is 27.7 Å². The highest BCUT2D eigenvalue weighted by atomic mass is 16.7. The summed E-state index contributed by atoms with van der Waals surface area (Å²) in [6, 6.07) is -1.80. The van der Waals surface area contributed by atoms with Crippen LogP contribution in [0.3, 0.4) is 0 Å². The largest absolute Gasteiger partial charge is 0.365 e. The van der Waals surface area contributed by atoms with Gasteiger partial charge in [0.25, 0.3) is 11.9 Å². The minimum atomic E-state index is -0.992. The van der Waals surface area contributed by atoms with E-state index in [4.69, 9.17) is 16.7 Å². The van der Waals surface area contributed by atoms with E-state index in [0.717, 1.165) is 0 Å². The van der Waals surface area contributed by atoms with E-state index in [9.17, 15) is 19.7 Å². The van der Waals surface area contributed by atoms with E-state index in [2.05, 4.69) is 10.3 Å². The molecule has 21 heavy (non-hydrogen) atoms. The average Bonchev–Trinajstić information content (AvgIpc) is 2.39. The third-order valence-corrected chi connectivity index (χ3v) is 2.30. The van der Waals surface area contributed by atoms with Gasteiger partial charge in [0.15, 0.2) is 5.03 Å². The Morgan fingerprint density at radius 2 is 2.05 bits per heavy atom. The molecule has 0 bridgehead atoms. The third-order valence-electron chi connectivity index (χ3n) is 2.30. The summed E-state index contributed by atoms with van der Waals surface area (Å²) in [6.45, 7) is 1.54. The first-order valence-electron chi connectivity index (χ1n) is 5.98. The molecule has 120 valence electrons. The lowest BCUT2D eigenvalue weighted by atomic mass is 10.1. The maximum Gasteiger partial charge on any atom is 0.265 e. The number of carbonyl (C=O) groups is 2. The molecule has 0 fully saturated rings. The fourth-order valence-corrected chi connectivity index (χ4v) is 1.27. The molecule has 0 aromatic heterocycles. The Balaban J connectivity index is 4.34. The van der Waals surface area contributed by atoms with Gasteiger partial charge in [-0.2, -0.15) is 0 Å². The molecule has 12 nitrogen and oxygen atoms in total. The van der Waals surface area contributed by atoms with E-state index in [0.29, 0.717) is 0 Å². The Labute approximate surface area is 120 Å². The molecule has 0 spiro atoms. The first-order chi connectivity index (χ1) is 9.77. The number of hydrazine groups is 1. The molecule has 0 aliphatic heterocycles. The number of guanidine groups is 1. The summed E-state index contributed by atoms with van der Waals surface area (Å²) in [7, 11) is 0. The van der Waals surface area contributed by atoms with Gasteiger partial charge in [-0.1, -0.05) is 5.43 Å². The topological polar surface area (TPSA) is 198 Å². The van der Waals surface area contributed by atoms with Crippen LogP contribution in [-0.4, -0.2) is 46.6 Å². The molecule has 0 radical (unpaired) electrons. The van der Waals surface area contributed by atoms with Crippen molar-refractivity contribution in [3.8, 4) is 0 Å². The van der Waals surface area contributed by atoms with Crippen LogP contribution in [0.4, 0.5) is 0 Å². The maximum atomic E-state index is 11.4. The number of nitrogens with two attached hydrogens (primary N) is 2. The Bertz CT molecular complexity index is 411. The summed E-state index contributed by atoms with van der Waals surface area (Å²) in [4.78, 5) is 36.5. The standard InChI is InChI=1S/C9H19N7O5/c1-5(10)7(17)13-6(8(18)15-19)3-2-4-12-9(11)14-16(20)21/h5-6,19H,2-4,10H2,1H3,(H,13,17)(H,15,18)(H3,11,12,14)/t5?,6-/m0/s1. The number of amides is 2. The van der Waals surface area contributed by atoms with Crippen LogP contribution in [0.25, 0.3) is 0 Å². The number of aliphatic imine (C=N–C) groups is 1. The molecule has 0 aliphatic carbocycles. The third kappa shape index (κ3) is 8.33. The summed E-state index contributed by atoms with van der Waals surface area (Å²) in [5.74, 6) is -1.73. The lowest BCUT2D eigenvalue weighted by Gasteiger charge is -2.17. The minimum Gasteiger partial charge on any atom is -0.365 e. The zero-order valence-electron chi connectivity index (χ0n) is 11.4. The van der Waals surface area contributed by atoms with Gasteiger partial charge in [0.2, 0.25) is 5.91 Å². The quantitative estimate of drug-likeness (QED) is 0.0689. The second-order valence-electron chi connectivity index (χ2n) is 4.10. The van der Waals surface area contributed by atoms with E-state index in [1.54, 1.807) is 5.43 Å². The van der Waals surface area contributed by atoms with Crippen LogP contribution in [0.5, 0.6) is 0 Å². The highest BCUT2D eigenvalue weighted by Crippen LogP contribution is 1.99. The fourth-order valence-electron chi connectivity index (χ4n) is 1.27. The Morgan fingerprint density at radius 3 is 2.52 bits per heavy atom. The van der Waals surface area contributed by atoms with Gasteiger partial charge in [-0.05, 0) is 19.8 Å². The predicted octanol–water partition coefficient (Wildman–Crippen LogP) is -2.80. The first kappa shape index (κ1) is 18.5. The summed E-state index contributed by atoms with van der Waals surface area (Å²) in [5, 5.41) is 20.1. The molecule has 2 atom stereocenters. The molecule has 1 unspecified atom stereocenters. The molecule has 0 aromatic carbocycles. The molecule has 2 amide bonds. The van der Waals surface area contributed by atoms with Gasteiger partial charge in [0.05, 0.1) is 6.04 Å². The van der Waals surface area contributed by atoms with Crippen LogP contribution >= 0.6 is 0 Å². The molecule has 0 aromatic rings. The highest BCUT2D eigenvalue weighted by Gasteiger charge is 2.21. The van der Waals surface area contributed by atoms with Crippen LogP contribution in [-0.2, 0) is 9.59 Å². The minimum absolute atomic E-state index is 0.0932. The van der Waals surface area contributed by atoms with Crippen molar-refractivity contribution in [2.75, 3.05) is 6.54 Å². The van der Waals surface area contributed by atoms with Gasteiger partial charge < -0.3 is 16.8 Å². The van der Waals surface area contributed by atoms with E-state index < -0.39 is 28.9 Å². The van der Waals surface area contributed by atoms with Gasteiger partial charge >= 0.3 is 0 Å². The van der Waals surface area contributed by atoms with Gasteiger partial charge in [0, 0.05) is 6.54 Å². The summed E-state index contributed by atoms with van der Waals surface area (Å²) in [6.07, 6.45) is 0.428. The fraction of sp³-hybridized carbons (Fsp3) is 0.667. The number of hydrogen-bond donors (Lipinski definition) is 6. The Morgan fingerprint density at radius 1 is 1.43 bits per heavy atom. The zero-order valence-corrected chi connectivity index (χ0v) is 11.4. The van der Waals surface area contributed by atoms with Crippen molar-refractivity contribution in [1.29, 1.82) is 0 Å². The number of carbonyl (C=O) groups excluding carboxylic acids is 2. The number of nitro groups is 1. The smallest absolute Gasteiger partial charge is 0.265 e. The van der Waals surface area contributed by atoms with Crippen LogP contribution in [0.1, 0.15) is 19.8 Å². The summed E-state index contributed by atoms with van der Waals surface area (Å²) < 4.78 is 0. The van der Waals surface area contributed by atoms with Crippen molar-refractivity contribution in [1.82, 2.24) is 16.2 Å². The van der Waals surface area contributed by atoms with Gasteiger partial charge in [0.1, 0.15) is 6.04 Å². The van der Waals surface area contributed by atoms with Gasteiger partial charge in [-0.3, -0.25) is 14.8 Å². The number of nitrogens with zero attached hydrogens (tertiary/aromatic N) is 2. The molecule has 0 saturated carbocycles. The molecular weight excluding hydrogens is 286 g/mol. The summed E-state index contributed by atoms with van der Waals surface area (Å²) >= 11 is 0. The molecule has 0 heterocycles. The van der Waals surface area contributed by atoms with E-state index in [1.165, 1.54) is 12.4 Å². The van der Waals surface area contributed by atoms with Crippen molar-refractivity contribution in [3.63, 3.8) is 0 Å². The zero-order chi connectivity index (χ0) is 16.4. The molecule has 0 saturated heterocycles. The summed E-state index contributed by atoms with van der Waals surface area (Å²) in [5.41, 5.74) is 13.6. The van der Waals surface area contributed by atoms with Crippen molar-refractivity contribution >= 4 is 17.8 Å². The highest BCUT2D eigenvalue weighted by molar-refractivity contribution is 5.88. The van der Waals surface area contributed by atoms with E-state index in [-0.39, 0.29) is 25.3 Å². The molecule has 0 aliphatic rings. The van der Waals surface area contributed by atoms with Crippen LogP contribution in [0.15, 0.2) is 4.99 Å². The van der Waals surface area contributed by atoms with Crippen molar-refractivity contribution in [2.45, 2.75) is 31.8 Å². The van der Waals surface area contributed by atoms with Crippen LogP contribution in [0, 0.1) is 10.1 Å². The maximum absolute atomic E-state index is 11.4. The Kier molecular flexibility index (Phi) is 8.33. The van der Waals surface area contributed by atoms with Crippen molar-refractivity contribution in [2.24, 2.45) is 16.5 Å². The predicted molar refractivity (Wildman–Crippen MR) is 71.4 cm³/mol. The van der Waals surface area contributed by atoms with Gasteiger partial charge in [-0.15, -0.1) is 0 Å². The van der Waals surface area contributed by atoms with Crippen LogP contribution in [0.2, 0.25) is 0 Å². The van der Waals surface area contributed by atoms with E-state index >= 15 is 0 Å². The molecule has 12 heteroatoms. The lowest BCUT2D eigenvalue weighted by Crippen LogP contribution is -2.50. The number of rotatable bonds is 8. The number of nitrogens with one attached hydrogen (secondary N) is 3. The molecule has 0 rings (SSSR count). The SMILES string of the molecule is CC(N)C(=O)N[C@@H](CCCN=C(N)N[N+](=O)[O-])C(=O)NO. The molecular formula is C9H19N7O5. The van der Waals surface area contributed by atoms with Crippen molar-refractivity contribution in [3.05, 3.63) is 10.1 Å². The number of hydrogen-bond acceptors (Lipinski definition) is 7. The molecule has 8 N–H and O–H groups in total. The van der Waals surface area contributed by atoms with Crippen molar-refractivity contribution < 1.29 is 19.8 Å². The average molecular weight is 305 g/mol. The normalized spacial score (nSPS) is 14.0. The first-order valence-corrected chi connectivity index (χ1v) is 5.98. The van der Waals surface area contributed by atoms with E-state index in [1.807, 2.05) is 0 Å². The van der Waals surface area contributed by atoms with Gasteiger partial charge in [-0.25, -0.2) is 20.6 Å².